The second-order valence-electron chi connectivity index (χ2n) is 8.27. The lowest BCUT2D eigenvalue weighted by atomic mass is 10.0. The number of likely N-dealkylation sites (tertiary alicyclic amines) is 1. The highest BCUT2D eigenvalue weighted by Crippen LogP contribution is 2.37. The number of carbonyl (C=O) groups excluding carboxylic acids is 2. The standard InChI is InChI=1S/C23H25F2N3O5/c1-13(29)28-11-16(7-19(28)22(30)31-2)18-10-26-9-17(27-18)15-5-6-20(33-23(24)25)21(8-15)32-12-14-3-4-14/h5-6,8-10,14,16,19,23H,3-4,7,11-12H2,1-2H3/t16?,19-/m1/s1. The zero-order valence-corrected chi connectivity index (χ0v) is 18.4. The van der Waals surface area contributed by atoms with Crippen molar-refractivity contribution in [2.75, 3.05) is 20.3 Å². The second-order valence-corrected chi connectivity index (χ2v) is 8.27. The van der Waals surface area contributed by atoms with Crippen LogP contribution in [0.25, 0.3) is 11.3 Å². The molecule has 176 valence electrons. The van der Waals surface area contributed by atoms with Gasteiger partial charge in [0.15, 0.2) is 11.5 Å². The lowest BCUT2D eigenvalue weighted by Crippen LogP contribution is -2.39. The van der Waals surface area contributed by atoms with Gasteiger partial charge in [0.1, 0.15) is 6.04 Å². The Hall–Kier alpha value is -3.30. The van der Waals surface area contributed by atoms with Gasteiger partial charge in [-0.2, -0.15) is 8.78 Å². The number of aromatic nitrogens is 2. The molecule has 0 bridgehead atoms. The van der Waals surface area contributed by atoms with Crippen molar-refractivity contribution in [2.45, 2.75) is 44.8 Å². The van der Waals surface area contributed by atoms with Gasteiger partial charge in [0.05, 0.1) is 31.3 Å². The predicted octanol–water partition coefficient (Wildman–Crippen LogP) is 3.41. The second kappa shape index (κ2) is 9.68. The van der Waals surface area contributed by atoms with E-state index in [9.17, 15) is 18.4 Å². The molecular weight excluding hydrogens is 436 g/mol. The van der Waals surface area contributed by atoms with Crippen LogP contribution in [0.1, 0.15) is 37.8 Å². The number of hydrogen-bond acceptors (Lipinski definition) is 7. The van der Waals surface area contributed by atoms with Gasteiger partial charge in [0.25, 0.3) is 0 Å². The van der Waals surface area contributed by atoms with Crippen LogP contribution in [-0.4, -0.2) is 59.7 Å². The fourth-order valence-corrected chi connectivity index (χ4v) is 3.94. The van der Waals surface area contributed by atoms with Crippen LogP contribution in [-0.2, 0) is 14.3 Å². The summed E-state index contributed by atoms with van der Waals surface area (Å²) >= 11 is 0. The third-order valence-electron chi connectivity index (χ3n) is 5.88. The highest BCUT2D eigenvalue weighted by Gasteiger charge is 2.40. The van der Waals surface area contributed by atoms with Crippen LogP contribution >= 0.6 is 0 Å². The van der Waals surface area contributed by atoms with Gasteiger partial charge in [-0.05, 0) is 43.4 Å². The Balaban J connectivity index is 1.58. The Kier molecular flexibility index (Phi) is 6.71. The number of nitrogens with zero attached hydrogens (tertiary/aromatic N) is 3. The maximum absolute atomic E-state index is 12.8. The minimum atomic E-state index is -2.96. The summed E-state index contributed by atoms with van der Waals surface area (Å²) in [5, 5.41) is 0. The van der Waals surface area contributed by atoms with Crippen molar-refractivity contribution in [3.05, 3.63) is 36.3 Å². The zero-order valence-electron chi connectivity index (χ0n) is 18.4. The Labute approximate surface area is 189 Å². The molecule has 1 aromatic heterocycles. The highest BCUT2D eigenvalue weighted by molar-refractivity contribution is 5.84. The molecule has 0 spiro atoms. The maximum atomic E-state index is 12.8. The predicted molar refractivity (Wildman–Crippen MR) is 113 cm³/mol. The van der Waals surface area contributed by atoms with Crippen LogP contribution in [0.15, 0.2) is 30.6 Å². The minimum absolute atomic E-state index is 0.0349. The molecule has 1 saturated carbocycles. The van der Waals surface area contributed by atoms with E-state index in [1.165, 1.54) is 25.0 Å². The van der Waals surface area contributed by atoms with Crippen molar-refractivity contribution in [1.82, 2.24) is 14.9 Å². The molecule has 2 aromatic rings. The van der Waals surface area contributed by atoms with Gasteiger partial charge < -0.3 is 19.1 Å². The van der Waals surface area contributed by atoms with Crippen LogP contribution in [0.2, 0.25) is 0 Å². The Morgan fingerprint density at radius 2 is 2.00 bits per heavy atom. The number of rotatable bonds is 8. The van der Waals surface area contributed by atoms with Crippen LogP contribution in [0.4, 0.5) is 8.78 Å². The van der Waals surface area contributed by atoms with E-state index in [0.29, 0.717) is 42.4 Å². The van der Waals surface area contributed by atoms with Gasteiger partial charge in [-0.25, -0.2) is 9.78 Å². The SMILES string of the molecule is COC(=O)[C@H]1CC(c2cncc(-c3ccc(OC(F)F)c(OCC4CC4)c3)n2)CN1C(C)=O. The molecule has 1 amide bonds. The van der Waals surface area contributed by atoms with E-state index in [-0.39, 0.29) is 23.3 Å². The summed E-state index contributed by atoms with van der Waals surface area (Å²) in [6.07, 6.45) is 5.66. The summed E-state index contributed by atoms with van der Waals surface area (Å²) in [5.74, 6) is -0.260. The summed E-state index contributed by atoms with van der Waals surface area (Å²) in [4.78, 5) is 34.6. The Morgan fingerprint density at radius 3 is 2.67 bits per heavy atom. The molecule has 8 nitrogen and oxygen atoms in total. The van der Waals surface area contributed by atoms with Crippen molar-refractivity contribution < 1.29 is 32.6 Å². The summed E-state index contributed by atoms with van der Waals surface area (Å²) in [6, 6.07) is 3.99. The van der Waals surface area contributed by atoms with Gasteiger partial charge in [-0.15, -0.1) is 0 Å². The Bertz CT molecular complexity index is 1030. The van der Waals surface area contributed by atoms with E-state index in [2.05, 4.69) is 14.7 Å². The topological polar surface area (TPSA) is 90.8 Å². The number of halogens is 2. The van der Waals surface area contributed by atoms with Crippen LogP contribution in [0.3, 0.4) is 0 Å². The van der Waals surface area contributed by atoms with Crippen LogP contribution in [0, 0.1) is 5.92 Å². The summed E-state index contributed by atoms with van der Waals surface area (Å²) in [7, 11) is 1.29. The van der Waals surface area contributed by atoms with Gasteiger partial charge in [-0.3, -0.25) is 9.78 Å². The van der Waals surface area contributed by atoms with Crippen LogP contribution < -0.4 is 9.47 Å². The number of ether oxygens (including phenoxy) is 3. The number of benzene rings is 1. The van der Waals surface area contributed by atoms with Crippen molar-refractivity contribution >= 4 is 11.9 Å². The Morgan fingerprint density at radius 1 is 1.21 bits per heavy atom. The molecule has 4 rings (SSSR count). The molecule has 2 atom stereocenters. The normalized spacial score (nSPS) is 20.1. The molecule has 33 heavy (non-hydrogen) atoms. The van der Waals surface area contributed by atoms with Crippen molar-refractivity contribution in [3.63, 3.8) is 0 Å². The monoisotopic (exact) mass is 461 g/mol. The molecule has 10 heteroatoms. The highest BCUT2D eigenvalue weighted by atomic mass is 19.3. The van der Waals surface area contributed by atoms with Gasteiger partial charge >= 0.3 is 12.6 Å². The summed E-state index contributed by atoms with van der Waals surface area (Å²) < 4.78 is 40.8. The molecule has 2 heterocycles. The largest absolute Gasteiger partial charge is 0.489 e. The number of carbonyl (C=O) groups is 2. The van der Waals surface area contributed by atoms with E-state index < -0.39 is 18.6 Å². The third-order valence-corrected chi connectivity index (χ3v) is 5.88. The number of methoxy groups -OCH3 is 1. The van der Waals surface area contributed by atoms with E-state index in [4.69, 9.17) is 9.47 Å². The first-order valence-electron chi connectivity index (χ1n) is 10.7. The fourth-order valence-electron chi connectivity index (χ4n) is 3.94. The smallest absolute Gasteiger partial charge is 0.387 e. The minimum Gasteiger partial charge on any atom is -0.489 e. The molecule has 0 N–H and O–H groups in total. The zero-order chi connectivity index (χ0) is 23.5. The van der Waals surface area contributed by atoms with Crippen molar-refractivity contribution in [3.8, 4) is 22.8 Å². The van der Waals surface area contributed by atoms with Gasteiger partial charge in [-0.1, -0.05) is 0 Å². The van der Waals surface area contributed by atoms with Crippen molar-refractivity contribution in [2.24, 2.45) is 5.92 Å². The van der Waals surface area contributed by atoms with Gasteiger partial charge in [0, 0.05) is 31.1 Å². The average Bonchev–Trinajstić information content (AvgIpc) is 3.52. The first kappa shape index (κ1) is 22.9. The van der Waals surface area contributed by atoms with E-state index in [0.717, 1.165) is 12.8 Å². The quantitative estimate of drug-likeness (QED) is 0.557. The third kappa shape index (κ3) is 5.37. The number of alkyl halides is 2. The van der Waals surface area contributed by atoms with E-state index in [1.807, 2.05) is 0 Å². The molecule has 2 fully saturated rings. The van der Waals surface area contributed by atoms with E-state index >= 15 is 0 Å². The molecule has 1 aliphatic heterocycles. The molecule has 0 radical (unpaired) electrons. The van der Waals surface area contributed by atoms with Crippen LogP contribution in [0.5, 0.6) is 11.5 Å². The number of hydrogen-bond donors (Lipinski definition) is 0. The molecule has 1 saturated heterocycles. The molecule has 1 aromatic carbocycles. The summed E-state index contributed by atoms with van der Waals surface area (Å²) in [6.45, 7) is -0.791. The first-order valence-corrected chi connectivity index (χ1v) is 10.7. The molecular formula is C23H25F2N3O5. The van der Waals surface area contributed by atoms with Crippen molar-refractivity contribution in [1.29, 1.82) is 0 Å². The average molecular weight is 461 g/mol. The van der Waals surface area contributed by atoms with Gasteiger partial charge in [0.2, 0.25) is 5.91 Å². The maximum Gasteiger partial charge on any atom is 0.387 e. The molecule has 1 aliphatic carbocycles. The fraction of sp³-hybridized carbons (Fsp3) is 0.478. The summed E-state index contributed by atoms with van der Waals surface area (Å²) in [5.41, 5.74) is 1.77. The number of amides is 1. The lowest BCUT2D eigenvalue weighted by Gasteiger charge is -2.20. The number of esters is 1. The van der Waals surface area contributed by atoms with E-state index in [1.54, 1.807) is 24.5 Å². The molecule has 1 unspecified atom stereocenters. The lowest BCUT2D eigenvalue weighted by molar-refractivity contribution is -0.150. The molecule has 2 aliphatic rings. The first-order chi connectivity index (χ1) is 15.9.